The summed E-state index contributed by atoms with van der Waals surface area (Å²) in [6.45, 7) is 3.03. The number of rotatable bonds is 6. The standard InChI is InChI=1S/C13H20N2O4S2/c1-9-8-20-11(13(16)19-2)12(9)21(17,18)15-7-5-10-4-3-6-14-10/h8,10,14-15H,3-7H2,1-2H3/t10-/m1/s1. The van der Waals surface area contributed by atoms with Crippen LogP contribution in [0.5, 0.6) is 0 Å². The van der Waals surface area contributed by atoms with Crippen LogP contribution in [-0.2, 0) is 14.8 Å². The number of nitrogens with one attached hydrogen (secondary N) is 2. The highest BCUT2D eigenvalue weighted by Crippen LogP contribution is 2.27. The summed E-state index contributed by atoms with van der Waals surface area (Å²) in [5, 5.41) is 4.97. The molecule has 1 fully saturated rings. The summed E-state index contributed by atoms with van der Waals surface area (Å²) < 4.78 is 32.0. The highest BCUT2D eigenvalue weighted by Gasteiger charge is 2.27. The maximum absolute atomic E-state index is 12.4. The summed E-state index contributed by atoms with van der Waals surface area (Å²) in [5.74, 6) is -0.620. The number of thiophene rings is 1. The molecule has 2 heterocycles. The fourth-order valence-corrected chi connectivity index (χ4v) is 5.19. The van der Waals surface area contributed by atoms with Crippen LogP contribution in [0.2, 0.25) is 0 Å². The van der Waals surface area contributed by atoms with Gasteiger partial charge in [-0.1, -0.05) is 0 Å². The number of sulfonamides is 1. The first-order valence-corrected chi connectivity index (χ1v) is 9.21. The van der Waals surface area contributed by atoms with Crippen LogP contribution in [0.15, 0.2) is 10.3 Å². The lowest BCUT2D eigenvalue weighted by atomic mass is 10.2. The Morgan fingerprint density at radius 2 is 2.33 bits per heavy atom. The molecule has 2 rings (SSSR count). The van der Waals surface area contributed by atoms with Crippen molar-refractivity contribution in [3.8, 4) is 0 Å². The van der Waals surface area contributed by atoms with Gasteiger partial charge in [0.15, 0.2) is 0 Å². The van der Waals surface area contributed by atoms with Gasteiger partial charge in [0.2, 0.25) is 10.0 Å². The zero-order chi connectivity index (χ0) is 15.5. The molecule has 21 heavy (non-hydrogen) atoms. The Labute approximate surface area is 128 Å². The Morgan fingerprint density at radius 3 is 2.95 bits per heavy atom. The van der Waals surface area contributed by atoms with E-state index < -0.39 is 16.0 Å². The molecule has 1 aliphatic heterocycles. The van der Waals surface area contributed by atoms with Gasteiger partial charge in [-0.05, 0) is 43.7 Å². The van der Waals surface area contributed by atoms with E-state index in [1.165, 1.54) is 7.11 Å². The lowest BCUT2D eigenvalue weighted by molar-refractivity contribution is 0.0602. The number of esters is 1. The monoisotopic (exact) mass is 332 g/mol. The number of aryl methyl sites for hydroxylation is 1. The van der Waals surface area contributed by atoms with E-state index in [0.717, 1.165) is 37.1 Å². The number of carbonyl (C=O) groups is 1. The van der Waals surface area contributed by atoms with E-state index in [9.17, 15) is 13.2 Å². The summed E-state index contributed by atoms with van der Waals surface area (Å²) in [7, 11) is -2.45. The highest BCUT2D eigenvalue weighted by atomic mass is 32.2. The fourth-order valence-electron chi connectivity index (χ4n) is 2.44. The molecular weight excluding hydrogens is 312 g/mol. The molecule has 118 valence electrons. The predicted molar refractivity (Wildman–Crippen MR) is 81.2 cm³/mol. The molecule has 0 radical (unpaired) electrons. The zero-order valence-electron chi connectivity index (χ0n) is 12.1. The topological polar surface area (TPSA) is 84.5 Å². The molecule has 1 aliphatic rings. The van der Waals surface area contributed by atoms with Gasteiger partial charge in [-0.2, -0.15) is 0 Å². The largest absolute Gasteiger partial charge is 0.465 e. The normalized spacial score (nSPS) is 18.9. The quantitative estimate of drug-likeness (QED) is 0.766. The third kappa shape index (κ3) is 3.82. The number of methoxy groups -OCH3 is 1. The molecule has 1 saturated heterocycles. The van der Waals surface area contributed by atoms with Gasteiger partial charge in [0.05, 0.1) is 7.11 Å². The van der Waals surface area contributed by atoms with Crippen LogP contribution in [-0.4, -0.2) is 40.6 Å². The van der Waals surface area contributed by atoms with Gasteiger partial charge in [-0.3, -0.25) is 0 Å². The number of hydrogen-bond donors (Lipinski definition) is 2. The van der Waals surface area contributed by atoms with Gasteiger partial charge in [0.25, 0.3) is 0 Å². The molecule has 2 N–H and O–H groups in total. The Hall–Kier alpha value is -0.960. The second-order valence-electron chi connectivity index (χ2n) is 5.05. The molecule has 1 aromatic rings. The van der Waals surface area contributed by atoms with E-state index in [1.54, 1.807) is 12.3 Å². The first-order valence-electron chi connectivity index (χ1n) is 6.85. The van der Waals surface area contributed by atoms with Crippen molar-refractivity contribution >= 4 is 27.3 Å². The van der Waals surface area contributed by atoms with Crippen LogP contribution >= 0.6 is 11.3 Å². The lowest BCUT2D eigenvalue weighted by Crippen LogP contribution is -2.31. The van der Waals surface area contributed by atoms with Crippen LogP contribution in [0.4, 0.5) is 0 Å². The molecule has 1 atom stereocenters. The Kier molecular flexibility index (Phi) is 5.37. The Bertz CT molecular complexity index is 604. The SMILES string of the molecule is COC(=O)c1scc(C)c1S(=O)(=O)NCC[C@H]1CCCN1. The second kappa shape index (κ2) is 6.87. The van der Waals surface area contributed by atoms with Gasteiger partial charge in [0, 0.05) is 12.6 Å². The average molecular weight is 332 g/mol. The smallest absolute Gasteiger partial charge is 0.349 e. The first-order chi connectivity index (χ1) is 9.95. The van der Waals surface area contributed by atoms with Crippen molar-refractivity contribution in [2.24, 2.45) is 0 Å². The van der Waals surface area contributed by atoms with Crippen LogP contribution < -0.4 is 10.0 Å². The first kappa shape index (κ1) is 16.4. The van der Waals surface area contributed by atoms with Gasteiger partial charge in [-0.25, -0.2) is 17.9 Å². The van der Waals surface area contributed by atoms with Crippen molar-refractivity contribution in [1.82, 2.24) is 10.0 Å². The summed E-state index contributed by atoms with van der Waals surface area (Å²) >= 11 is 1.09. The van der Waals surface area contributed by atoms with E-state index in [4.69, 9.17) is 0 Å². The molecular formula is C13H20N2O4S2. The van der Waals surface area contributed by atoms with Crippen molar-refractivity contribution in [1.29, 1.82) is 0 Å². The Morgan fingerprint density at radius 1 is 1.57 bits per heavy atom. The number of ether oxygens (including phenoxy) is 1. The van der Waals surface area contributed by atoms with Crippen LogP contribution in [0, 0.1) is 6.92 Å². The van der Waals surface area contributed by atoms with E-state index in [-0.39, 0.29) is 9.77 Å². The number of hydrogen-bond acceptors (Lipinski definition) is 6. The third-order valence-electron chi connectivity index (χ3n) is 3.50. The summed E-state index contributed by atoms with van der Waals surface area (Å²) in [5.41, 5.74) is 0.562. The van der Waals surface area contributed by atoms with Crippen molar-refractivity contribution in [3.05, 3.63) is 15.8 Å². The molecule has 1 aromatic heterocycles. The minimum atomic E-state index is -3.69. The van der Waals surface area contributed by atoms with E-state index in [2.05, 4.69) is 14.8 Å². The van der Waals surface area contributed by atoms with Crippen molar-refractivity contribution in [2.45, 2.75) is 37.1 Å². The molecule has 0 aromatic carbocycles. The molecule has 0 amide bonds. The van der Waals surface area contributed by atoms with Crippen LogP contribution in [0.25, 0.3) is 0 Å². The fraction of sp³-hybridized carbons (Fsp3) is 0.615. The molecule has 0 spiro atoms. The zero-order valence-corrected chi connectivity index (χ0v) is 13.8. The highest BCUT2D eigenvalue weighted by molar-refractivity contribution is 7.89. The molecule has 6 nitrogen and oxygen atoms in total. The minimum absolute atomic E-state index is 0.0405. The molecule has 0 bridgehead atoms. The lowest BCUT2D eigenvalue weighted by Gasteiger charge is -2.12. The summed E-state index contributed by atoms with van der Waals surface area (Å²) in [6, 6.07) is 0.372. The van der Waals surface area contributed by atoms with Gasteiger partial charge < -0.3 is 10.1 Å². The van der Waals surface area contributed by atoms with Crippen molar-refractivity contribution in [2.75, 3.05) is 20.2 Å². The van der Waals surface area contributed by atoms with Gasteiger partial charge in [-0.15, -0.1) is 11.3 Å². The minimum Gasteiger partial charge on any atom is -0.465 e. The summed E-state index contributed by atoms with van der Waals surface area (Å²) in [4.78, 5) is 11.8. The maximum atomic E-state index is 12.4. The van der Waals surface area contributed by atoms with Crippen molar-refractivity contribution < 1.29 is 17.9 Å². The summed E-state index contributed by atoms with van der Waals surface area (Å²) in [6.07, 6.45) is 2.95. The average Bonchev–Trinajstić information content (AvgIpc) is 3.07. The molecule has 0 saturated carbocycles. The molecule has 0 unspecified atom stereocenters. The third-order valence-corrected chi connectivity index (χ3v) is 6.36. The van der Waals surface area contributed by atoms with E-state index in [0.29, 0.717) is 18.2 Å². The van der Waals surface area contributed by atoms with Gasteiger partial charge in [0.1, 0.15) is 9.77 Å². The Balaban J connectivity index is 2.08. The second-order valence-corrected chi connectivity index (χ2v) is 7.63. The molecule has 8 heteroatoms. The van der Waals surface area contributed by atoms with E-state index in [1.807, 2.05) is 0 Å². The van der Waals surface area contributed by atoms with Crippen LogP contribution in [0.3, 0.4) is 0 Å². The van der Waals surface area contributed by atoms with Crippen molar-refractivity contribution in [3.63, 3.8) is 0 Å². The number of carbonyl (C=O) groups excluding carboxylic acids is 1. The predicted octanol–water partition coefficient (Wildman–Crippen LogP) is 1.26. The van der Waals surface area contributed by atoms with E-state index >= 15 is 0 Å². The van der Waals surface area contributed by atoms with Crippen LogP contribution in [0.1, 0.15) is 34.5 Å². The maximum Gasteiger partial charge on any atom is 0.349 e. The van der Waals surface area contributed by atoms with Gasteiger partial charge >= 0.3 is 5.97 Å². The molecule has 0 aliphatic carbocycles.